The highest BCUT2D eigenvalue weighted by Crippen LogP contribution is 2.62. The van der Waals surface area contributed by atoms with Crippen LogP contribution in [0.1, 0.15) is 47.2 Å². The minimum Gasteiger partial charge on any atom is -0.228 e. The van der Waals surface area contributed by atoms with Crippen molar-refractivity contribution in [3.05, 3.63) is 240 Å². The molecule has 0 unspecified atom stereocenters. The number of rotatable bonds is 5. The van der Waals surface area contributed by atoms with Crippen LogP contribution >= 0.6 is 0 Å². The summed E-state index contributed by atoms with van der Waals surface area (Å²) in [4.78, 5) is 10.0. The van der Waals surface area contributed by atoms with Crippen LogP contribution in [0.2, 0.25) is 0 Å². The van der Waals surface area contributed by atoms with Gasteiger partial charge in [0.1, 0.15) is 0 Å². The van der Waals surface area contributed by atoms with Gasteiger partial charge in [-0.2, -0.15) is 0 Å². The first-order chi connectivity index (χ1) is 28.5. The van der Waals surface area contributed by atoms with Crippen molar-refractivity contribution in [3.63, 3.8) is 0 Å². The van der Waals surface area contributed by atoms with E-state index in [1.54, 1.807) is 0 Å². The highest BCUT2D eigenvalue weighted by atomic mass is 14.9. The van der Waals surface area contributed by atoms with Gasteiger partial charge in [0.15, 0.2) is 5.82 Å². The fourth-order valence-corrected chi connectivity index (χ4v) is 9.80. The molecular weight excluding hydrogens is 701 g/mol. The number of aromatic nitrogens is 2. The molecule has 0 atom stereocenters. The third-order valence-corrected chi connectivity index (χ3v) is 12.6. The third-order valence-electron chi connectivity index (χ3n) is 12.6. The molecule has 8 aromatic carbocycles. The molecule has 2 heteroatoms. The van der Waals surface area contributed by atoms with Crippen molar-refractivity contribution in [2.75, 3.05) is 0 Å². The molecule has 58 heavy (non-hydrogen) atoms. The Kier molecular flexibility index (Phi) is 7.78. The van der Waals surface area contributed by atoms with Crippen molar-refractivity contribution < 1.29 is 0 Å². The second-order valence-corrected chi connectivity index (χ2v) is 16.1. The average Bonchev–Trinajstić information content (AvgIpc) is 3.59. The number of benzene rings is 8. The highest BCUT2D eigenvalue weighted by molar-refractivity contribution is 5.90. The summed E-state index contributed by atoms with van der Waals surface area (Å²) >= 11 is 0. The van der Waals surface area contributed by atoms with E-state index in [4.69, 9.17) is 9.97 Å². The summed E-state index contributed by atoms with van der Waals surface area (Å²) in [6, 6.07) is 74.9. The first kappa shape index (κ1) is 34.1. The summed E-state index contributed by atoms with van der Waals surface area (Å²) in [5.74, 6) is 0.721. The Hall–Kier alpha value is -7.16. The van der Waals surface area contributed by atoms with Gasteiger partial charge in [-0.3, -0.25) is 0 Å². The monoisotopic (exact) mass is 740 g/mol. The summed E-state index contributed by atoms with van der Waals surface area (Å²) in [5, 5.41) is 0. The van der Waals surface area contributed by atoms with E-state index in [-0.39, 0.29) is 5.41 Å². The Bertz CT molecular complexity index is 2890. The van der Waals surface area contributed by atoms with E-state index in [2.05, 4.69) is 196 Å². The number of fused-ring (bicyclic) bond motifs is 9. The van der Waals surface area contributed by atoms with E-state index in [0.29, 0.717) is 0 Å². The molecule has 2 aliphatic carbocycles. The zero-order chi connectivity index (χ0) is 38.8. The largest absolute Gasteiger partial charge is 0.228 e. The Morgan fingerprint density at radius 3 is 1.26 bits per heavy atom. The van der Waals surface area contributed by atoms with Crippen LogP contribution in [0.5, 0.6) is 0 Å². The maximum absolute atomic E-state index is 5.04. The lowest BCUT2D eigenvalue weighted by atomic mass is 9.55. The second-order valence-electron chi connectivity index (χ2n) is 16.1. The molecule has 2 aliphatic rings. The summed E-state index contributed by atoms with van der Waals surface area (Å²) in [5.41, 5.74) is 20.1. The smallest absolute Gasteiger partial charge is 0.160 e. The van der Waals surface area contributed by atoms with Gasteiger partial charge in [0.05, 0.1) is 16.8 Å². The molecule has 9 aromatic rings. The molecule has 0 saturated carbocycles. The van der Waals surface area contributed by atoms with Crippen molar-refractivity contribution in [1.82, 2.24) is 9.97 Å². The van der Waals surface area contributed by atoms with Gasteiger partial charge < -0.3 is 0 Å². The second kappa shape index (κ2) is 13.2. The third kappa shape index (κ3) is 5.18. The first-order valence-electron chi connectivity index (χ1n) is 20.2. The summed E-state index contributed by atoms with van der Waals surface area (Å²) < 4.78 is 0. The minimum absolute atomic E-state index is 0.118. The molecule has 0 saturated heterocycles. The molecule has 11 rings (SSSR count). The summed E-state index contributed by atoms with van der Waals surface area (Å²) in [6.45, 7) is 4.76. The molecule has 274 valence electrons. The maximum atomic E-state index is 5.04. The van der Waals surface area contributed by atoms with Crippen molar-refractivity contribution in [2.45, 2.75) is 24.7 Å². The first-order valence-corrected chi connectivity index (χ1v) is 20.2. The number of nitrogens with zero attached hydrogens (tertiary/aromatic N) is 2. The molecule has 1 heterocycles. The minimum atomic E-state index is -0.403. The Labute approximate surface area is 340 Å². The Morgan fingerprint density at radius 2 is 0.690 bits per heavy atom. The SMILES string of the molecule is CC1(C)c2ccccc2C2(c3ccccc3-c3ccc(-c4ccc(-c5ccc(-c6cc(-c7ccccc7)nc(-c7ccccc7)n6)cc5)cc4)cc32)c2ccccc21. The molecule has 0 radical (unpaired) electrons. The molecule has 0 aliphatic heterocycles. The van der Waals surface area contributed by atoms with Crippen LogP contribution in [0.4, 0.5) is 0 Å². The Morgan fingerprint density at radius 1 is 0.293 bits per heavy atom. The van der Waals surface area contributed by atoms with Gasteiger partial charge in [0.2, 0.25) is 0 Å². The van der Waals surface area contributed by atoms with Crippen LogP contribution in [0.15, 0.2) is 206 Å². The van der Waals surface area contributed by atoms with Crippen molar-refractivity contribution in [3.8, 4) is 67.3 Å². The van der Waals surface area contributed by atoms with Gasteiger partial charge in [0, 0.05) is 22.1 Å². The molecule has 0 N–H and O–H groups in total. The molecule has 2 nitrogen and oxygen atoms in total. The lowest BCUT2D eigenvalue weighted by Crippen LogP contribution is -2.40. The zero-order valence-electron chi connectivity index (χ0n) is 32.5. The highest BCUT2D eigenvalue weighted by Gasteiger charge is 2.53. The zero-order valence-corrected chi connectivity index (χ0v) is 32.5. The molecule has 0 amide bonds. The van der Waals surface area contributed by atoms with Crippen LogP contribution in [-0.4, -0.2) is 9.97 Å². The van der Waals surface area contributed by atoms with Gasteiger partial charge in [-0.05, 0) is 78.9 Å². The van der Waals surface area contributed by atoms with Crippen LogP contribution in [0, 0.1) is 0 Å². The van der Waals surface area contributed by atoms with Gasteiger partial charge in [-0.25, -0.2) is 9.97 Å². The lowest BCUT2D eigenvalue weighted by molar-refractivity contribution is 0.563. The van der Waals surface area contributed by atoms with Gasteiger partial charge >= 0.3 is 0 Å². The summed E-state index contributed by atoms with van der Waals surface area (Å²) in [7, 11) is 0. The van der Waals surface area contributed by atoms with E-state index in [1.165, 1.54) is 61.2 Å². The van der Waals surface area contributed by atoms with E-state index in [9.17, 15) is 0 Å². The molecule has 0 fully saturated rings. The van der Waals surface area contributed by atoms with Gasteiger partial charge in [-0.15, -0.1) is 0 Å². The van der Waals surface area contributed by atoms with Crippen LogP contribution in [-0.2, 0) is 10.8 Å². The van der Waals surface area contributed by atoms with E-state index < -0.39 is 5.41 Å². The van der Waals surface area contributed by atoms with Crippen LogP contribution in [0.25, 0.3) is 67.3 Å². The van der Waals surface area contributed by atoms with E-state index in [1.807, 2.05) is 24.3 Å². The van der Waals surface area contributed by atoms with Crippen molar-refractivity contribution >= 4 is 0 Å². The molecular formula is C56H40N2. The van der Waals surface area contributed by atoms with E-state index in [0.717, 1.165) is 39.5 Å². The average molecular weight is 741 g/mol. The normalized spacial score (nSPS) is 14.0. The molecule has 1 spiro atoms. The summed E-state index contributed by atoms with van der Waals surface area (Å²) in [6.07, 6.45) is 0. The van der Waals surface area contributed by atoms with Crippen LogP contribution < -0.4 is 0 Å². The lowest BCUT2D eigenvalue weighted by Gasteiger charge is -2.46. The fourth-order valence-electron chi connectivity index (χ4n) is 9.80. The predicted molar refractivity (Wildman–Crippen MR) is 239 cm³/mol. The predicted octanol–water partition coefficient (Wildman–Crippen LogP) is 13.8. The maximum Gasteiger partial charge on any atom is 0.160 e. The van der Waals surface area contributed by atoms with E-state index >= 15 is 0 Å². The van der Waals surface area contributed by atoms with Gasteiger partial charge in [0.25, 0.3) is 0 Å². The molecule has 1 aromatic heterocycles. The number of hydrogen-bond donors (Lipinski definition) is 0. The van der Waals surface area contributed by atoms with Crippen molar-refractivity contribution in [1.29, 1.82) is 0 Å². The standard InChI is InChI=1S/C56H40N2/c1-55(2)47-21-11-13-23-49(47)56(50-24-14-12-22-48(50)55)46-20-10-9-19-44(46)45-34-33-43(35-51(45)56)39-27-25-37(26-28-39)38-29-31-41(32-30-38)53-36-52(40-15-5-3-6-16-40)57-54(58-53)42-17-7-4-8-18-42/h3-36H,1-2H3. The number of hydrogen-bond acceptors (Lipinski definition) is 2. The fraction of sp³-hybridized carbons (Fsp3) is 0.0714. The molecule has 0 bridgehead atoms. The topological polar surface area (TPSA) is 25.8 Å². The Balaban J connectivity index is 0.964. The van der Waals surface area contributed by atoms with Crippen molar-refractivity contribution in [2.24, 2.45) is 0 Å². The van der Waals surface area contributed by atoms with Crippen LogP contribution in [0.3, 0.4) is 0 Å². The van der Waals surface area contributed by atoms with Gasteiger partial charge in [-0.1, -0.05) is 208 Å². The quantitative estimate of drug-likeness (QED) is 0.176.